The molecule has 0 bridgehead atoms. The molecule has 0 atom stereocenters. The molecule has 1 heterocycles. The fourth-order valence-corrected chi connectivity index (χ4v) is 3.29. The molecule has 7 heteroatoms. The van der Waals surface area contributed by atoms with Gasteiger partial charge in [0.15, 0.2) is 0 Å². The Morgan fingerprint density at radius 1 is 1.29 bits per heavy atom. The molecule has 6 nitrogen and oxygen atoms in total. The van der Waals surface area contributed by atoms with Crippen molar-refractivity contribution in [2.24, 2.45) is 0 Å². The van der Waals surface area contributed by atoms with Crippen LogP contribution in [-0.2, 0) is 4.79 Å². The van der Waals surface area contributed by atoms with E-state index in [9.17, 15) is 19.1 Å². The van der Waals surface area contributed by atoms with Gasteiger partial charge in [-0.25, -0.2) is 9.18 Å². The second-order valence-corrected chi connectivity index (χ2v) is 6.12. The van der Waals surface area contributed by atoms with Gasteiger partial charge < -0.3 is 20.1 Å². The average Bonchev–Trinajstić information content (AvgIpc) is 3.02. The second kappa shape index (κ2) is 6.14. The molecule has 128 valence electrons. The zero-order valence-corrected chi connectivity index (χ0v) is 13.3. The van der Waals surface area contributed by atoms with E-state index >= 15 is 0 Å². The van der Waals surface area contributed by atoms with E-state index in [1.165, 1.54) is 25.3 Å². The van der Waals surface area contributed by atoms with Crippen molar-refractivity contribution in [1.29, 1.82) is 0 Å². The van der Waals surface area contributed by atoms with Gasteiger partial charge in [0.2, 0.25) is 0 Å². The summed E-state index contributed by atoms with van der Waals surface area (Å²) in [5.41, 5.74) is -0.984. The summed E-state index contributed by atoms with van der Waals surface area (Å²) in [5, 5.41) is 12.6. The molecule has 0 saturated heterocycles. The number of carboxylic acids is 1. The minimum Gasteiger partial charge on any atom is -0.496 e. The maximum absolute atomic E-state index is 13.9. The van der Waals surface area contributed by atoms with Crippen LogP contribution in [0.4, 0.5) is 4.39 Å². The summed E-state index contributed by atoms with van der Waals surface area (Å²) in [7, 11) is 1.46. The first-order valence-corrected chi connectivity index (χ1v) is 7.88. The Balaban J connectivity index is 1.94. The number of amides is 1. The molecule has 3 rings (SSSR count). The molecule has 3 N–H and O–H groups in total. The van der Waals surface area contributed by atoms with Crippen molar-refractivity contribution in [3.8, 4) is 5.75 Å². The van der Waals surface area contributed by atoms with Gasteiger partial charge in [-0.05, 0) is 31.0 Å². The number of H-pyrrole nitrogens is 1. The van der Waals surface area contributed by atoms with Crippen molar-refractivity contribution >= 4 is 22.8 Å². The summed E-state index contributed by atoms with van der Waals surface area (Å²) in [6, 6.07) is 4.21. The van der Waals surface area contributed by atoms with Crippen LogP contribution in [0.5, 0.6) is 5.75 Å². The number of ether oxygens (including phenoxy) is 1. The van der Waals surface area contributed by atoms with Crippen LogP contribution in [-0.4, -0.2) is 34.6 Å². The first-order valence-electron chi connectivity index (χ1n) is 7.88. The van der Waals surface area contributed by atoms with Crippen LogP contribution in [0.2, 0.25) is 0 Å². The van der Waals surface area contributed by atoms with Crippen molar-refractivity contribution in [2.45, 2.75) is 37.6 Å². The number of methoxy groups -OCH3 is 1. The van der Waals surface area contributed by atoms with Crippen LogP contribution in [0.1, 0.15) is 42.6 Å². The van der Waals surface area contributed by atoms with Crippen molar-refractivity contribution in [2.75, 3.05) is 7.11 Å². The Morgan fingerprint density at radius 2 is 2.00 bits per heavy atom. The number of nitrogens with one attached hydrogen (secondary N) is 2. The van der Waals surface area contributed by atoms with Gasteiger partial charge in [-0.15, -0.1) is 0 Å². The van der Waals surface area contributed by atoms with E-state index < -0.39 is 23.2 Å². The number of carbonyl (C=O) groups excluding carboxylic acids is 1. The van der Waals surface area contributed by atoms with E-state index in [-0.39, 0.29) is 11.2 Å². The zero-order chi connectivity index (χ0) is 17.3. The molecular weight excluding hydrogens is 315 g/mol. The van der Waals surface area contributed by atoms with E-state index in [0.29, 0.717) is 24.0 Å². The molecule has 1 aliphatic rings. The molecule has 0 radical (unpaired) electrons. The monoisotopic (exact) mass is 334 g/mol. The third-order valence-corrected chi connectivity index (χ3v) is 4.64. The minimum atomic E-state index is -1.25. The summed E-state index contributed by atoms with van der Waals surface area (Å²) in [6.07, 6.45) is 3.25. The van der Waals surface area contributed by atoms with Gasteiger partial charge in [0.05, 0.1) is 12.6 Å². The first kappa shape index (κ1) is 16.3. The fourth-order valence-electron chi connectivity index (χ4n) is 3.29. The van der Waals surface area contributed by atoms with E-state index in [0.717, 1.165) is 19.3 Å². The summed E-state index contributed by atoms with van der Waals surface area (Å²) < 4.78 is 19.1. The molecule has 2 aromatic rings. The lowest BCUT2D eigenvalue weighted by atomic mass is 9.81. The first-order chi connectivity index (χ1) is 11.5. The quantitative estimate of drug-likeness (QED) is 0.802. The van der Waals surface area contributed by atoms with Crippen molar-refractivity contribution in [3.63, 3.8) is 0 Å². The van der Waals surface area contributed by atoms with E-state index in [2.05, 4.69) is 10.3 Å². The molecule has 1 aromatic carbocycles. The van der Waals surface area contributed by atoms with E-state index in [1.807, 2.05) is 0 Å². The number of halogens is 1. The number of carboxylic acid groups (broad SMARTS) is 1. The third-order valence-electron chi connectivity index (χ3n) is 4.64. The van der Waals surface area contributed by atoms with E-state index in [4.69, 9.17) is 4.74 Å². The molecule has 0 unspecified atom stereocenters. The van der Waals surface area contributed by atoms with Gasteiger partial charge in [0, 0.05) is 5.39 Å². The second-order valence-electron chi connectivity index (χ2n) is 6.12. The third kappa shape index (κ3) is 2.70. The SMILES string of the molecule is COc1ccc(F)c2[nH]c(C(=O)NC3(C(=O)O)CCCCC3)cc12. The molecule has 1 saturated carbocycles. The summed E-state index contributed by atoms with van der Waals surface area (Å²) in [6.45, 7) is 0. The van der Waals surface area contributed by atoms with E-state index in [1.54, 1.807) is 0 Å². The molecule has 1 aliphatic carbocycles. The number of fused-ring (bicyclic) bond motifs is 1. The van der Waals surface area contributed by atoms with Crippen LogP contribution in [0.15, 0.2) is 18.2 Å². The number of aliphatic carboxylic acids is 1. The van der Waals surface area contributed by atoms with Gasteiger partial charge in [-0.1, -0.05) is 19.3 Å². The minimum absolute atomic E-state index is 0.111. The maximum atomic E-state index is 13.9. The molecule has 0 spiro atoms. The van der Waals surface area contributed by atoms with Crippen molar-refractivity contribution in [1.82, 2.24) is 10.3 Å². The van der Waals surface area contributed by atoms with Crippen LogP contribution in [0, 0.1) is 5.82 Å². The number of aromatic nitrogens is 1. The standard InChI is InChI=1S/C17H19FN2O4/c1-24-13-6-5-11(18)14-10(13)9-12(19-14)15(21)20-17(16(22)23)7-3-2-4-8-17/h5-6,9,19H,2-4,7-8H2,1H3,(H,20,21)(H,22,23). The van der Waals surface area contributed by atoms with Crippen LogP contribution < -0.4 is 10.1 Å². The number of benzene rings is 1. The predicted octanol–water partition coefficient (Wildman–Crippen LogP) is 2.83. The molecule has 1 aromatic heterocycles. The summed E-state index contributed by atoms with van der Waals surface area (Å²) in [4.78, 5) is 26.9. The van der Waals surface area contributed by atoms with Gasteiger partial charge in [-0.3, -0.25) is 4.79 Å². The van der Waals surface area contributed by atoms with Gasteiger partial charge in [0.25, 0.3) is 5.91 Å². The highest BCUT2D eigenvalue weighted by Crippen LogP contribution is 2.31. The summed E-state index contributed by atoms with van der Waals surface area (Å²) >= 11 is 0. The average molecular weight is 334 g/mol. The van der Waals surface area contributed by atoms with Crippen molar-refractivity contribution in [3.05, 3.63) is 29.7 Å². The molecule has 0 aliphatic heterocycles. The highest BCUT2D eigenvalue weighted by Gasteiger charge is 2.41. The maximum Gasteiger partial charge on any atom is 0.329 e. The highest BCUT2D eigenvalue weighted by atomic mass is 19.1. The Hall–Kier alpha value is -2.57. The highest BCUT2D eigenvalue weighted by molar-refractivity contribution is 6.01. The predicted molar refractivity (Wildman–Crippen MR) is 85.7 cm³/mol. The molecule has 24 heavy (non-hydrogen) atoms. The normalized spacial score (nSPS) is 16.8. The fraction of sp³-hybridized carbons (Fsp3) is 0.412. The Morgan fingerprint density at radius 3 is 2.62 bits per heavy atom. The summed E-state index contributed by atoms with van der Waals surface area (Å²) in [5.74, 6) is -1.66. The lowest BCUT2D eigenvalue weighted by molar-refractivity contribution is -0.145. The number of hydrogen-bond donors (Lipinski definition) is 3. The zero-order valence-electron chi connectivity index (χ0n) is 13.3. The van der Waals surface area contributed by atoms with Crippen molar-refractivity contribution < 1.29 is 23.8 Å². The molecule has 1 fully saturated rings. The number of aromatic amines is 1. The van der Waals surface area contributed by atoms with Gasteiger partial charge >= 0.3 is 5.97 Å². The molecule has 1 amide bonds. The topological polar surface area (TPSA) is 91.4 Å². The number of carbonyl (C=O) groups is 2. The smallest absolute Gasteiger partial charge is 0.329 e. The van der Waals surface area contributed by atoms with Crippen LogP contribution in [0.25, 0.3) is 10.9 Å². The lowest BCUT2D eigenvalue weighted by Crippen LogP contribution is -2.55. The largest absolute Gasteiger partial charge is 0.496 e. The molecular formula is C17H19FN2O4. The Bertz CT molecular complexity index is 793. The number of rotatable bonds is 4. The van der Waals surface area contributed by atoms with Gasteiger partial charge in [0.1, 0.15) is 22.8 Å². The van der Waals surface area contributed by atoms with Crippen LogP contribution >= 0.6 is 0 Å². The van der Waals surface area contributed by atoms with Gasteiger partial charge in [-0.2, -0.15) is 0 Å². The Labute approximate surface area is 138 Å². The number of hydrogen-bond acceptors (Lipinski definition) is 3. The Kier molecular flexibility index (Phi) is 4.17. The van der Waals surface area contributed by atoms with Crippen LogP contribution in [0.3, 0.4) is 0 Å². The lowest BCUT2D eigenvalue weighted by Gasteiger charge is -2.33.